The van der Waals surface area contributed by atoms with Crippen LogP contribution in [0.3, 0.4) is 0 Å². The van der Waals surface area contributed by atoms with Crippen LogP contribution in [0.25, 0.3) is 11.3 Å². The van der Waals surface area contributed by atoms with Crippen LogP contribution >= 0.6 is 0 Å². The van der Waals surface area contributed by atoms with Gasteiger partial charge in [0.15, 0.2) is 0 Å². The van der Waals surface area contributed by atoms with Gasteiger partial charge in [-0.3, -0.25) is 4.98 Å². The van der Waals surface area contributed by atoms with Gasteiger partial charge in [0.1, 0.15) is 6.33 Å². The van der Waals surface area contributed by atoms with Crippen molar-refractivity contribution in [3.63, 3.8) is 0 Å². The fourth-order valence-corrected chi connectivity index (χ4v) is 1.15. The van der Waals surface area contributed by atoms with E-state index in [4.69, 9.17) is 5.73 Å². The second-order valence-electron chi connectivity index (χ2n) is 2.88. The highest BCUT2D eigenvalue weighted by atomic mass is 14.8. The van der Waals surface area contributed by atoms with Crippen molar-refractivity contribution in [1.82, 2.24) is 15.0 Å². The fourth-order valence-electron chi connectivity index (χ4n) is 1.15. The van der Waals surface area contributed by atoms with Gasteiger partial charge in [-0.2, -0.15) is 0 Å². The summed E-state index contributed by atoms with van der Waals surface area (Å²) >= 11 is 0. The van der Waals surface area contributed by atoms with Crippen molar-refractivity contribution in [1.29, 1.82) is 0 Å². The third-order valence-electron chi connectivity index (χ3n) is 1.92. The smallest absolute Gasteiger partial charge is 0.115 e. The van der Waals surface area contributed by atoms with Crippen LogP contribution < -0.4 is 5.73 Å². The molecule has 0 aromatic carbocycles. The van der Waals surface area contributed by atoms with Gasteiger partial charge in [-0.25, -0.2) is 9.97 Å². The van der Waals surface area contributed by atoms with E-state index in [2.05, 4.69) is 15.0 Å². The summed E-state index contributed by atoms with van der Waals surface area (Å²) in [5, 5.41) is 0. The van der Waals surface area contributed by atoms with E-state index in [-0.39, 0.29) is 0 Å². The summed E-state index contributed by atoms with van der Waals surface area (Å²) in [5.41, 5.74) is 8.27. The molecule has 2 aromatic rings. The third-order valence-corrected chi connectivity index (χ3v) is 1.92. The van der Waals surface area contributed by atoms with Crippen LogP contribution in [0, 0.1) is 0 Å². The molecule has 4 heteroatoms. The first-order valence-corrected chi connectivity index (χ1v) is 4.30. The zero-order valence-corrected chi connectivity index (χ0v) is 7.59. The lowest BCUT2D eigenvalue weighted by Crippen LogP contribution is -1.97. The molecule has 0 atom stereocenters. The monoisotopic (exact) mass is 186 g/mol. The Bertz CT molecular complexity index is 396. The van der Waals surface area contributed by atoms with Crippen LogP contribution in [0.15, 0.2) is 37.1 Å². The Labute approximate surface area is 81.9 Å². The summed E-state index contributed by atoms with van der Waals surface area (Å²) in [6.45, 7) is 0.512. The SMILES string of the molecule is NCc1ccc(-c2cncnc2)nc1. The maximum Gasteiger partial charge on any atom is 0.115 e. The predicted molar refractivity (Wildman–Crippen MR) is 53.2 cm³/mol. The highest BCUT2D eigenvalue weighted by molar-refractivity contribution is 5.56. The molecule has 0 aliphatic carbocycles. The standard InChI is InChI=1S/C10H10N4/c11-3-8-1-2-10(14-4-8)9-5-12-7-13-6-9/h1-2,4-7H,3,11H2. The minimum atomic E-state index is 0.512. The van der Waals surface area contributed by atoms with E-state index >= 15 is 0 Å². The summed E-state index contributed by atoms with van der Waals surface area (Å²) in [5.74, 6) is 0. The molecule has 0 fully saturated rings. The van der Waals surface area contributed by atoms with E-state index in [0.29, 0.717) is 6.54 Å². The molecular formula is C10H10N4. The Morgan fingerprint density at radius 1 is 1.07 bits per heavy atom. The molecule has 2 N–H and O–H groups in total. The fraction of sp³-hybridized carbons (Fsp3) is 0.100. The molecule has 14 heavy (non-hydrogen) atoms. The molecule has 0 unspecified atom stereocenters. The van der Waals surface area contributed by atoms with E-state index in [1.54, 1.807) is 18.6 Å². The lowest BCUT2D eigenvalue weighted by atomic mass is 10.2. The predicted octanol–water partition coefficient (Wildman–Crippen LogP) is 0.997. The molecule has 0 radical (unpaired) electrons. The molecule has 0 aliphatic rings. The highest BCUT2D eigenvalue weighted by Crippen LogP contribution is 2.13. The molecule has 0 saturated carbocycles. The van der Waals surface area contributed by atoms with Gasteiger partial charge in [-0.05, 0) is 11.6 Å². The average molecular weight is 186 g/mol. The van der Waals surface area contributed by atoms with Crippen molar-refractivity contribution in [3.8, 4) is 11.3 Å². The van der Waals surface area contributed by atoms with Crippen LogP contribution in [0.5, 0.6) is 0 Å². The Balaban J connectivity index is 2.34. The highest BCUT2D eigenvalue weighted by Gasteiger charge is 1.98. The van der Waals surface area contributed by atoms with Crippen molar-refractivity contribution in [2.45, 2.75) is 6.54 Å². The van der Waals surface area contributed by atoms with Crippen LogP contribution in [-0.4, -0.2) is 15.0 Å². The number of aromatic nitrogens is 3. The topological polar surface area (TPSA) is 64.7 Å². The number of hydrogen-bond donors (Lipinski definition) is 1. The molecule has 2 rings (SSSR count). The number of pyridine rings is 1. The maximum atomic E-state index is 5.47. The van der Waals surface area contributed by atoms with Crippen molar-refractivity contribution in [3.05, 3.63) is 42.6 Å². The molecule has 0 amide bonds. The number of rotatable bonds is 2. The number of nitrogens with zero attached hydrogens (tertiary/aromatic N) is 3. The summed E-state index contributed by atoms with van der Waals surface area (Å²) in [6, 6.07) is 3.87. The second-order valence-corrected chi connectivity index (χ2v) is 2.88. The van der Waals surface area contributed by atoms with E-state index in [1.807, 2.05) is 12.1 Å². The van der Waals surface area contributed by atoms with Crippen LogP contribution in [-0.2, 0) is 6.54 Å². The van der Waals surface area contributed by atoms with Crippen molar-refractivity contribution in [2.24, 2.45) is 5.73 Å². The van der Waals surface area contributed by atoms with Gasteiger partial charge in [0.2, 0.25) is 0 Å². The van der Waals surface area contributed by atoms with E-state index in [0.717, 1.165) is 16.8 Å². The zero-order chi connectivity index (χ0) is 9.80. The lowest BCUT2D eigenvalue weighted by Gasteiger charge is -2.00. The van der Waals surface area contributed by atoms with Gasteiger partial charge < -0.3 is 5.73 Å². The maximum absolute atomic E-state index is 5.47. The van der Waals surface area contributed by atoms with Gasteiger partial charge in [0.25, 0.3) is 0 Å². The lowest BCUT2D eigenvalue weighted by molar-refractivity contribution is 1.05. The van der Waals surface area contributed by atoms with E-state index in [1.165, 1.54) is 6.33 Å². The first kappa shape index (κ1) is 8.77. The van der Waals surface area contributed by atoms with E-state index in [9.17, 15) is 0 Å². The van der Waals surface area contributed by atoms with Crippen LogP contribution in [0.4, 0.5) is 0 Å². The van der Waals surface area contributed by atoms with Gasteiger partial charge in [-0.15, -0.1) is 0 Å². The molecule has 0 spiro atoms. The van der Waals surface area contributed by atoms with Crippen molar-refractivity contribution < 1.29 is 0 Å². The summed E-state index contributed by atoms with van der Waals surface area (Å²) in [7, 11) is 0. The summed E-state index contributed by atoms with van der Waals surface area (Å²) in [6.07, 6.45) is 6.73. The molecule has 70 valence electrons. The first-order valence-electron chi connectivity index (χ1n) is 4.30. The quantitative estimate of drug-likeness (QED) is 0.759. The summed E-state index contributed by atoms with van der Waals surface area (Å²) in [4.78, 5) is 12.1. The van der Waals surface area contributed by atoms with Crippen molar-refractivity contribution in [2.75, 3.05) is 0 Å². The van der Waals surface area contributed by atoms with Crippen LogP contribution in [0.1, 0.15) is 5.56 Å². The molecule has 0 aliphatic heterocycles. The number of nitrogens with two attached hydrogens (primary N) is 1. The van der Waals surface area contributed by atoms with Gasteiger partial charge >= 0.3 is 0 Å². The largest absolute Gasteiger partial charge is 0.326 e. The third kappa shape index (κ3) is 1.75. The van der Waals surface area contributed by atoms with Crippen LogP contribution in [0.2, 0.25) is 0 Å². The summed E-state index contributed by atoms with van der Waals surface area (Å²) < 4.78 is 0. The van der Waals surface area contributed by atoms with Gasteiger partial charge in [0.05, 0.1) is 5.69 Å². The molecule has 0 bridgehead atoms. The first-order chi connectivity index (χ1) is 6.90. The second kappa shape index (κ2) is 3.93. The van der Waals surface area contributed by atoms with Crippen molar-refractivity contribution >= 4 is 0 Å². The normalized spacial score (nSPS) is 10.1. The molecule has 2 aromatic heterocycles. The average Bonchev–Trinajstić information content (AvgIpc) is 2.30. The Kier molecular flexibility index (Phi) is 2.46. The Hall–Kier alpha value is -1.81. The molecule has 0 saturated heterocycles. The zero-order valence-electron chi connectivity index (χ0n) is 7.59. The molecule has 2 heterocycles. The minimum absolute atomic E-state index is 0.512. The Morgan fingerprint density at radius 2 is 1.86 bits per heavy atom. The number of hydrogen-bond acceptors (Lipinski definition) is 4. The molecule has 4 nitrogen and oxygen atoms in total. The van der Waals surface area contributed by atoms with Gasteiger partial charge in [-0.1, -0.05) is 6.07 Å². The Morgan fingerprint density at radius 3 is 2.43 bits per heavy atom. The van der Waals surface area contributed by atoms with E-state index < -0.39 is 0 Å². The molecular weight excluding hydrogens is 176 g/mol. The van der Waals surface area contributed by atoms with Gasteiger partial charge in [0, 0.05) is 30.7 Å². The minimum Gasteiger partial charge on any atom is -0.326 e.